The normalized spacial score (nSPS) is 11.2. The molecule has 20 heavy (non-hydrogen) atoms. The number of aromatic amines is 1. The summed E-state index contributed by atoms with van der Waals surface area (Å²) in [4.78, 5) is 11.0. The minimum atomic E-state index is -3.71. The molecule has 1 heterocycles. The van der Waals surface area contributed by atoms with E-state index in [1.54, 1.807) is 12.1 Å². The molecule has 1 aromatic carbocycles. The maximum Gasteiger partial charge on any atom is 0.264 e. The van der Waals surface area contributed by atoms with E-state index in [2.05, 4.69) is 20.2 Å². The summed E-state index contributed by atoms with van der Waals surface area (Å²) in [5.41, 5.74) is 0.581. The highest BCUT2D eigenvalue weighted by atomic mass is 32.2. The number of hydrogen-bond donors (Lipinski definition) is 3. The van der Waals surface area contributed by atoms with Crippen molar-refractivity contribution in [3.05, 3.63) is 52.3 Å². The van der Waals surface area contributed by atoms with Gasteiger partial charge in [-0.05, 0) is 30.8 Å². The van der Waals surface area contributed by atoms with Crippen molar-refractivity contribution in [1.29, 1.82) is 0 Å². The van der Waals surface area contributed by atoms with E-state index in [9.17, 15) is 13.2 Å². The predicted molar refractivity (Wildman–Crippen MR) is 74.9 cm³/mol. The van der Waals surface area contributed by atoms with Gasteiger partial charge in [-0.25, -0.2) is 13.5 Å². The molecule has 0 bridgehead atoms. The summed E-state index contributed by atoms with van der Waals surface area (Å²) in [6, 6.07) is 8.98. The van der Waals surface area contributed by atoms with Gasteiger partial charge in [-0.3, -0.25) is 9.52 Å². The lowest BCUT2D eigenvalue weighted by Crippen LogP contribution is -2.16. The van der Waals surface area contributed by atoms with Crippen LogP contribution >= 0.6 is 0 Å². The van der Waals surface area contributed by atoms with Crippen molar-refractivity contribution in [3.8, 4) is 0 Å². The van der Waals surface area contributed by atoms with E-state index in [0.29, 0.717) is 6.54 Å². The lowest BCUT2D eigenvalue weighted by Gasteiger charge is -2.07. The number of aromatic nitrogens is 2. The van der Waals surface area contributed by atoms with E-state index >= 15 is 0 Å². The van der Waals surface area contributed by atoms with E-state index in [1.165, 1.54) is 24.3 Å². The second-order valence-corrected chi connectivity index (χ2v) is 5.77. The van der Waals surface area contributed by atoms with Crippen LogP contribution in [0.5, 0.6) is 0 Å². The zero-order chi connectivity index (χ0) is 14.6. The molecule has 1 aromatic heterocycles. The molecular formula is C12H14N4O3S. The highest BCUT2D eigenvalue weighted by Gasteiger charge is 2.14. The molecule has 2 aromatic rings. The van der Waals surface area contributed by atoms with Gasteiger partial charge in [0, 0.05) is 12.6 Å². The Labute approximate surface area is 116 Å². The van der Waals surface area contributed by atoms with E-state index < -0.39 is 15.6 Å². The molecule has 0 spiro atoms. The maximum atomic E-state index is 12.1. The van der Waals surface area contributed by atoms with Gasteiger partial charge in [-0.2, -0.15) is 5.10 Å². The summed E-state index contributed by atoms with van der Waals surface area (Å²) in [7, 11) is -1.90. The van der Waals surface area contributed by atoms with Crippen molar-refractivity contribution in [2.45, 2.75) is 11.4 Å². The van der Waals surface area contributed by atoms with Crippen LogP contribution in [0.2, 0.25) is 0 Å². The fourth-order valence-corrected chi connectivity index (χ4v) is 2.59. The van der Waals surface area contributed by atoms with Crippen LogP contribution in [-0.4, -0.2) is 25.7 Å². The molecule has 0 saturated carbocycles. The lowest BCUT2D eigenvalue weighted by molar-refractivity contribution is 0.601. The minimum absolute atomic E-state index is 0.0592. The molecule has 0 atom stereocenters. The minimum Gasteiger partial charge on any atom is -0.316 e. The molecule has 2 rings (SSSR count). The Morgan fingerprint density at radius 1 is 1.15 bits per heavy atom. The molecule has 8 heteroatoms. The molecule has 7 nitrogen and oxygen atoms in total. The second kappa shape index (κ2) is 5.85. The quantitative estimate of drug-likeness (QED) is 0.735. The Balaban J connectivity index is 2.21. The van der Waals surface area contributed by atoms with Gasteiger partial charge in [0.2, 0.25) is 0 Å². The van der Waals surface area contributed by atoms with Crippen LogP contribution in [0, 0.1) is 0 Å². The SMILES string of the molecule is CNCc1ccc(S(=O)(=O)Nc2ccc(=O)[nH]n2)cc1. The third kappa shape index (κ3) is 3.43. The molecule has 0 radical (unpaired) electrons. The molecule has 0 fully saturated rings. The first kappa shape index (κ1) is 14.2. The molecule has 0 aliphatic heterocycles. The third-order valence-electron chi connectivity index (χ3n) is 2.53. The predicted octanol–water partition coefficient (Wildman–Crippen LogP) is 0.290. The van der Waals surface area contributed by atoms with E-state index in [-0.39, 0.29) is 10.7 Å². The summed E-state index contributed by atoms with van der Waals surface area (Å²) in [6.07, 6.45) is 0. The van der Waals surface area contributed by atoms with Gasteiger partial charge >= 0.3 is 0 Å². The van der Waals surface area contributed by atoms with E-state index in [4.69, 9.17) is 0 Å². The number of nitrogens with zero attached hydrogens (tertiary/aromatic N) is 1. The van der Waals surface area contributed by atoms with Crippen LogP contribution in [0.3, 0.4) is 0 Å². The fourth-order valence-electron chi connectivity index (χ4n) is 1.59. The summed E-state index contributed by atoms with van der Waals surface area (Å²) >= 11 is 0. The van der Waals surface area contributed by atoms with Crippen molar-refractivity contribution in [3.63, 3.8) is 0 Å². The Morgan fingerprint density at radius 2 is 1.85 bits per heavy atom. The zero-order valence-electron chi connectivity index (χ0n) is 10.8. The van der Waals surface area contributed by atoms with Crippen molar-refractivity contribution in [2.75, 3.05) is 11.8 Å². The van der Waals surface area contributed by atoms with Gasteiger partial charge in [0.05, 0.1) is 4.90 Å². The van der Waals surface area contributed by atoms with Crippen molar-refractivity contribution in [2.24, 2.45) is 0 Å². The summed E-state index contributed by atoms with van der Waals surface area (Å²) in [6.45, 7) is 0.662. The molecule has 0 aliphatic carbocycles. The molecule has 0 amide bonds. The van der Waals surface area contributed by atoms with Crippen molar-refractivity contribution in [1.82, 2.24) is 15.5 Å². The summed E-state index contributed by atoms with van der Waals surface area (Å²) in [5.74, 6) is 0.0592. The lowest BCUT2D eigenvalue weighted by atomic mass is 10.2. The molecule has 0 unspecified atom stereocenters. The van der Waals surface area contributed by atoms with Gasteiger partial charge in [0.25, 0.3) is 15.6 Å². The number of anilines is 1. The average Bonchev–Trinajstić information content (AvgIpc) is 2.42. The van der Waals surface area contributed by atoms with Crippen LogP contribution in [-0.2, 0) is 16.6 Å². The summed E-state index contributed by atoms with van der Waals surface area (Å²) in [5, 5.41) is 8.74. The average molecular weight is 294 g/mol. The maximum absolute atomic E-state index is 12.1. The Hall–Kier alpha value is -2.19. The van der Waals surface area contributed by atoms with Crippen LogP contribution < -0.4 is 15.6 Å². The van der Waals surface area contributed by atoms with Gasteiger partial charge in [-0.1, -0.05) is 12.1 Å². The Kier molecular flexibility index (Phi) is 4.16. The topological polar surface area (TPSA) is 104 Å². The number of hydrogen-bond acceptors (Lipinski definition) is 5. The highest BCUT2D eigenvalue weighted by molar-refractivity contribution is 7.92. The van der Waals surface area contributed by atoms with Gasteiger partial charge < -0.3 is 5.32 Å². The largest absolute Gasteiger partial charge is 0.316 e. The highest BCUT2D eigenvalue weighted by Crippen LogP contribution is 2.14. The Morgan fingerprint density at radius 3 is 2.40 bits per heavy atom. The standard InChI is InChI=1S/C12H14N4O3S/c1-13-8-9-2-4-10(5-3-9)20(18,19)16-11-6-7-12(17)15-14-11/h2-7,13H,8H2,1H3,(H,14,16)(H,15,17). The number of nitrogens with one attached hydrogen (secondary N) is 3. The first-order chi connectivity index (χ1) is 9.51. The molecule has 0 aliphatic rings. The van der Waals surface area contributed by atoms with Gasteiger partial charge in [-0.15, -0.1) is 0 Å². The smallest absolute Gasteiger partial charge is 0.264 e. The van der Waals surface area contributed by atoms with Crippen LogP contribution in [0.4, 0.5) is 5.82 Å². The summed E-state index contributed by atoms with van der Waals surface area (Å²) < 4.78 is 26.5. The third-order valence-corrected chi connectivity index (χ3v) is 3.90. The van der Waals surface area contributed by atoms with E-state index in [1.807, 2.05) is 7.05 Å². The van der Waals surface area contributed by atoms with Crippen molar-refractivity contribution >= 4 is 15.8 Å². The number of H-pyrrole nitrogens is 1. The number of rotatable bonds is 5. The van der Waals surface area contributed by atoms with Gasteiger partial charge in [0.1, 0.15) is 0 Å². The van der Waals surface area contributed by atoms with E-state index in [0.717, 1.165) is 5.56 Å². The van der Waals surface area contributed by atoms with Crippen LogP contribution in [0.15, 0.2) is 46.1 Å². The zero-order valence-corrected chi connectivity index (χ0v) is 11.6. The van der Waals surface area contributed by atoms with Crippen molar-refractivity contribution < 1.29 is 8.42 Å². The molecular weight excluding hydrogens is 280 g/mol. The first-order valence-electron chi connectivity index (χ1n) is 5.83. The second-order valence-electron chi connectivity index (χ2n) is 4.09. The molecule has 0 saturated heterocycles. The number of benzene rings is 1. The van der Waals surface area contributed by atoms with Crippen LogP contribution in [0.25, 0.3) is 0 Å². The molecule has 3 N–H and O–H groups in total. The van der Waals surface area contributed by atoms with Crippen LogP contribution in [0.1, 0.15) is 5.56 Å². The van der Waals surface area contributed by atoms with Gasteiger partial charge in [0.15, 0.2) is 5.82 Å². The first-order valence-corrected chi connectivity index (χ1v) is 7.32. The monoisotopic (exact) mass is 294 g/mol. The Bertz CT molecular complexity index is 718. The molecule has 106 valence electrons. The number of sulfonamides is 1. The fraction of sp³-hybridized carbons (Fsp3) is 0.167.